The molecule has 0 spiro atoms. The van der Waals surface area contributed by atoms with Gasteiger partial charge in [-0.3, -0.25) is 15.1 Å². The van der Waals surface area contributed by atoms with Gasteiger partial charge in [-0.15, -0.1) is 0 Å². The molecule has 2 N–H and O–H groups in total. The number of nitrogens with one attached hydrogen (secondary N) is 1. The van der Waals surface area contributed by atoms with E-state index in [1.165, 1.54) is 0 Å². The number of pyridine rings is 1. The monoisotopic (exact) mass is 372 g/mol. The molecule has 9 heteroatoms. The molecule has 3 aromatic rings. The third-order valence-corrected chi connectivity index (χ3v) is 4.30. The van der Waals surface area contributed by atoms with Gasteiger partial charge in [-0.05, 0) is 24.6 Å². The first-order valence-electron chi connectivity index (χ1n) is 7.33. The third-order valence-electron chi connectivity index (χ3n) is 3.89. The molecular weight excluding hydrogens is 362 g/mol. The lowest BCUT2D eigenvalue weighted by Crippen LogP contribution is -2.07. The number of halogens is 1. The second-order valence-corrected chi connectivity index (χ2v) is 5.89. The fourth-order valence-corrected chi connectivity index (χ4v) is 2.70. The number of nitrogens with zero attached hydrogens (tertiary/aromatic N) is 2. The second-order valence-electron chi connectivity index (χ2n) is 5.48. The van der Waals surface area contributed by atoms with Crippen molar-refractivity contribution in [2.75, 3.05) is 5.32 Å². The van der Waals surface area contributed by atoms with E-state index >= 15 is 0 Å². The summed E-state index contributed by atoms with van der Waals surface area (Å²) in [7, 11) is 0. The Hall–Kier alpha value is -3.39. The minimum absolute atomic E-state index is 0.109. The van der Waals surface area contributed by atoms with Crippen LogP contribution in [0.5, 0.6) is 5.75 Å². The van der Waals surface area contributed by atoms with Crippen LogP contribution < -0.4 is 10.4 Å². The SMILES string of the molecule is Cc1c(Cl)ccc2c(Nc3cc([N+](=O)[O-])ccc3[O-])c(C(=O)O)cnc12. The Morgan fingerprint density at radius 1 is 1.31 bits per heavy atom. The molecule has 0 unspecified atom stereocenters. The van der Waals surface area contributed by atoms with Crippen molar-refractivity contribution in [1.29, 1.82) is 0 Å². The molecule has 0 aliphatic rings. The molecule has 0 atom stereocenters. The fraction of sp³-hybridized carbons (Fsp3) is 0.0588. The minimum atomic E-state index is -1.26. The van der Waals surface area contributed by atoms with Crippen molar-refractivity contribution in [3.63, 3.8) is 0 Å². The Morgan fingerprint density at radius 3 is 2.69 bits per heavy atom. The van der Waals surface area contributed by atoms with E-state index in [9.17, 15) is 25.1 Å². The zero-order valence-corrected chi connectivity index (χ0v) is 14.1. The van der Waals surface area contributed by atoms with Crippen LogP contribution in [0, 0.1) is 17.0 Å². The number of hydrogen-bond acceptors (Lipinski definition) is 6. The molecule has 0 saturated heterocycles. The van der Waals surface area contributed by atoms with Crippen molar-refractivity contribution in [3.8, 4) is 5.75 Å². The van der Waals surface area contributed by atoms with Crippen LogP contribution in [0.3, 0.4) is 0 Å². The van der Waals surface area contributed by atoms with Gasteiger partial charge in [-0.1, -0.05) is 23.4 Å². The van der Waals surface area contributed by atoms with E-state index in [1.54, 1.807) is 19.1 Å². The number of nitro benzene ring substituents is 1. The lowest BCUT2D eigenvalue weighted by molar-refractivity contribution is -0.385. The molecule has 0 aliphatic carbocycles. The maximum Gasteiger partial charge on any atom is 0.339 e. The summed E-state index contributed by atoms with van der Waals surface area (Å²) < 4.78 is 0. The highest BCUT2D eigenvalue weighted by Gasteiger charge is 2.18. The van der Waals surface area contributed by atoms with Crippen molar-refractivity contribution in [3.05, 3.63) is 62.8 Å². The van der Waals surface area contributed by atoms with Gasteiger partial charge in [0.1, 0.15) is 5.56 Å². The Bertz CT molecular complexity index is 1070. The topological polar surface area (TPSA) is 128 Å². The number of rotatable bonds is 4. The minimum Gasteiger partial charge on any atom is -0.871 e. The Kier molecular flexibility index (Phi) is 4.35. The quantitative estimate of drug-likeness (QED) is 0.528. The molecule has 2 aromatic carbocycles. The van der Waals surface area contributed by atoms with E-state index < -0.39 is 16.6 Å². The largest absolute Gasteiger partial charge is 0.871 e. The summed E-state index contributed by atoms with van der Waals surface area (Å²) in [5, 5.41) is 36.1. The van der Waals surface area contributed by atoms with Gasteiger partial charge in [0, 0.05) is 34.4 Å². The normalized spacial score (nSPS) is 10.7. The molecule has 0 radical (unpaired) electrons. The first kappa shape index (κ1) is 17.4. The first-order valence-corrected chi connectivity index (χ1v) is 7.71. The maximum absolute atomic E-state index is 12.1. The predicted octanol–water partition coefficient (Wildman–Crippen LogP) is 3.62. The fourth-order valence-electron chi connectivity index (χ4n) is 2.54. The van der Waals surface area contributed by atoms with Crippen molar-refractivity contribution in [1.82, 2.24) is 4.98 Å². The molecule has 0 aliphatic heterocycles. The van der Waals surface area contributed by atoms with Gasteiger partial charge in [0.2, 0.25) is 0 Å². The number of fused-ring (bicyclic) bond motifs is 1. The lowest BCUT2D eigenvalue weighted by Gasteiger charge is -2.18. The third kappa shape index (κ3) is 2.98. The van der Waals surface area contributed by atoms with Gasteiger partial charge in [-0.2, -0.15) is 0 Å². The van der Waals surface area contributed by atoms with Gasteiger partial charge in [0.15, 0.2) is 0 Å². The number of anilines is 2. The highest BCUT2D eigenvalue weighted by Crippen LogP contribution is 2.36. The van der Waals surface area contributed by atoms with Crippen molar-refractivity contribution >= 4 is 45.5 Å². The summed E-state index contributed by atoms with van der Waals surface area (Å²) >= 11 is 6.08. The average molecular weight is 373 g/mol. The number of benzene rings is 2. The van der Waals surface area contributed by atoms with Gasteiger partial charge in [0.05, 0.1) is 16.1 Å². The number of nitro groups is 1. The number of aromatic carboxylic acids is 1. The zero-order valence-electron chi connectivity index (χ0n) is 13.3. The molecule has 8 nitrogen and oxygen atoms in total. The van der Waals surface area contributed by atoms with Gasteiger partial charge in [0.25, 0.3) is 5.69 Å². The van der Waals surface area contributed by atoms with Gasteiger partial charge in [-0.25, -0.2) is 4.79 Å². The average Bonchev–Trinajstić information content (AvgIpc) is 2.59. The molecule has 26 heavy (non-hydrogen) atoms. The lowest BCUT2D eigenvalue weighted by atomic mass is 10.1. The summed E-state index contributed by atoms with van der Waals surface area (Å²) in [5.74, 6) is -1.77. The zero-order chi connectivity index (χ0) is 19.0. The van der Waals surface area contributed by atoms with Crippen molar-refractivity contribution in [2.45, 2.75) is 6.92 Å². The standard InChI is InChI=1S/C17H12ClN3O5/c1-8-12(18)4-3-10-15(8)19-7-11(17(23)24)16(10)20-13-6-9(21(25)26)2-5-14(13)22/h2-7,22H,1H3,(H,19,20)(H,23,24)/p-1. The molecule has 0 amide bonds. The molecular formula is C17H11ClN3O5-. The number of carboxylic acid groups (broad SMARTS) is 1. The summed E-state index contributed by atoms with van der Waals surface area (Å²) in [4.78, 5) is 26.0. The number of aromatic nitrogens is 1. The number of carbonyl (C=O) groups is 1. The molecule has 0 fully saturated rings. The summed E-state index contributed by atoms with van der Waals surface area (Å²) in [6.45, 7) is 1.73. The van der Waals surface area contributed by atoms with Crippen LogP contribution in [0.1, 0.15) is 15.9 Å². The highest BCUT2D eigenvalue weighted by molar-refractivity contribution is 6.32. The Morgan fingerprint density at radius 2 is 2.04 bits per heavy atom. The smallest absolute Gasteiger partial charge is 0.339 e. The summed E-state index contributed by atoms with van der Waals surface area (Å²) in [6, 6.07) is 6.35. The van der Waals surface area contributed by atoms with Crippen LogP contribution in [0.2, 0.25) is 5.02 Å². The summed E-state index contributed by atoms with van der Waals surface area (Å²) in [5.41, 5.74) is 0.641. The number of hydrogen-bond donors (Lipinski definition) is 2. The van der Waals surface area contributed by atoms with Crippen molar-refractivity contribution < 1.29 is 19.9 Å². The number of non-ortho nitro benzene ring substituents is 1. The van der Waals surface area contributed by atoms with Crippen LogP contribution in [0.25, 0.3) is 10.9 Å². The van der Waals surface area contributed by atoms with Crippen LogP contribution in [0.15, 0.2) is 36.5 Å². The van der Waals surface area contributed by atoms with Gasteiger partial charge < -0.3 is 15.5 Å². The van der Waals surface area contributed by atoms with Crippen molar-refractivity contribution in [2.24, 2.45) is 0 Å². The Labute approximate surface area is 151 Å². The van der Waals surface area contributed by atoms with Crippen LogP contribution >= 0.6 is 11.6 Å². The van der Waals surface area contributed by atoms with Crippen LogP contribution in [0.4, 0.5) is 17.1 Å². The number of aryl methyl sites for hydroxylation is 1. The molecule has 1 heterocycles. The molecule has 3 rings (SSSR count). The van der Waals surface area contributed by atoms with Crippen LogP contribution in [-0.4, -0.2) is 21.0 Å². The van der Waals surface area contributed by atoms with E-state index in [1.807, 2.05) is 0 Å². The summed E-state index contributed by atoms with van der Waals surface area (Å²) in [6.07, 6.45) is 1.15. The molecule has 0 bridgehead atoms. The van der Waals surface area contributed by atoms with Crippen LogP contribution in [-0.2, 0) is 0 Å². The van der Waals surface area contributed by atoms with E-state index in [0.717, 1.165) is 24.4 Å². The van der Waals surface area contributed by atoms with E-state index in [2.05, 4.69) is 10.3 Å². The first-order chi connectivity index (χ1) is 12.3. The van der Waals surface area contributed by atoms with Gasteiger partial charge >= 0.3 is 5.97 Å². The maximum atomic E-state index is 12.1. The van der Waals surface area contributed by atoms with E-state index in [0.29, 0.717) is 21.5 Å². The predicted molar refractivity (Wildman–Crippen MR) is 94.3 cm³/mol. The van der Waals surface area contributed by atoms with E-state index in [4.69, 9.17) is 11.6 Å². The molecule has 132 valence electrons. The second kappa shape index (κ2) is 6.49. The van der Waals surface area contributed by atoms with E-state index in [-0.39, 0.29) is 22.6 Å². The number of carboxylic acids is 1. The molecule has 1 aromatic heterocycles. The molecule has 0 saturated carbocycles. The Balaban J connectivity index is 2.25. The highest BCUT2D eigenvalue weighted by atomic mass is 35.5.